The van der Waals surface area contributed by atoms with Gasteiger partial charge in [-0.25, -0.2) is 5.43 Å². The molecule has 2 aromatic rings. The summed E-state index contributed by atoms with van der Waals surface area (Å²) in [6.45, 7) is -0.283. The van der Waals surface area contributed by atoms with Crippen LogP contribution in [-0.2, 0) is 4.79 Å². The summed E-state index contributed by atoms with van der Waals surface area (Å²) < 4.78 is 11.0. The zero-order valence-electron chi connectivity index (χ0n) is 13.1. The minimum Gasteiger partial charge on any atom is -0.504 e. The van der Waals surface area contributed by atoms with Crippen LogP contribution in [0.1, 0.15) is 5.56 Å². The summed E-state index contributed by atoms with van der Waals surface area (Å²) in [6.07, 6.45) is 1.12. The summed E-state index contributed by atoms with van der Waals surface area (Å²) in [6, 6.07) is 7.55. The van der Waals surface area contributed by atoms with E-state index in [1.54, 1.807) is 25.3 Å². The first-order chi connectivity index (χ1) is 11.9. The molecule has 8 nitrogen and oxygen atoms in total. The molecule has 0 saturated heterocycles. The van der Waals surface area contributed by atoms with E-state index in [2.05, 4.69) is 26.5 Å². The van der Waals surface area contributed by atoms with Crippen molar-refractivity contribution >= 4 is 28.1 Å². The molecule has 0 aromatic heterocycles. The number of hydrazone groups is 1. The average Bonchev–Trinajstić information content (AvgIpc) is 2.60. The number of hydrogen-bond donors (Lipinski definition) is 4. The largest absolute Gasteiger partial charge is 0.504 e. The number of methoxy groups -OCH3 is 1. The second kappa shape index (κ2) is 8.25. The van der Waals surface area contributed by atoms with Crippen molar-refractivity contribution in [1.29, 1.82) is 0 Å². The molecule has 0 unspecified atom stereocenters. The van der Waals surface area contributed by atoms with Crippen LogP contribution in [0.4, 0.5) is 0 Å². The summed E-state index contributed by atoms with van der Waals surface area (Å²) in [5.41, 5.74) is 2.33. The minimum atomic E-state index is -0.664. The van der Waals surface area contributed by atoms with Crippen LogP contribution in [0.25, 0.3) is 0 Å². The van der Waals surface area contributed by atoms with Crippen LogP contribution in [0.3, 0.4) is 0 Å². The monoisotopic (exact) mass is 410 g/mol. The van der Waals surface area contributed by atoms with Crippen LogP contribution in [0.2, 0.25) is 0 Å². The molecule has 4 N–H and O–H groups in total. The molecule has 0 radical (unpaired) electrons. The van der Waals surface area contributed by atoms with Crippen LogP contribution >= 0.6 is 15.9 Å². The fourth-order valence-corrected chi connectivity index (χ4v) is 2.24. The molecular formula is C16H15BrN2O6. The Morgan fingerprint density at radius 3 is 2.68 bits per heavy atom. The zero-order chi connectivity index (χ0) is 18.4. The lowest BCUT2D eigenvalue weighted by molar-refractivity contribution is -0.123. The molecule has 1 amide bonds. The van der Waals surface area contributed by atoms with Gasteiger partial charge in [0.1, 0.15) is 11.5 Å². The van der Waals surface area contributed by atoms with E-state index in [1.165, 1.54) is 12.1 Å². The van der Waals surface area contributed by atoms with Crippen molar-refractivity contribution in [1.82, 2.24) is 5.43 Å². The molecule has 0 heterocycles. The Kier molecular flexibility index (Phi) is 6.07. The maximum Gasteiger partial charge on any atom is 0.277 e. The van der Waals surface area contributed by atoms with Crippen LogP contribution in [0, 0.1) is 0 Å². The number of nitrogens with one attached hydrogen (secondary N) is 1. The van der Waals surface area contributed by atoms with Gasteiger partial charge in [0.25, 0.3) is 5.91 Å². The highest BCUT2D eigenvalue weighted by atomic mass is 79.9. The number of benzene rings is 2. The normalized spacial score (nSPS) is 10.6. The van der Waals surface area contributed by atoms with Gasteiger partial charge in [0.05, 0.1) is 17.8 Å². The Morgan fingerprint density at radius 2 is 2.00 bits per heavy atom. The van der Waals surface area contributed by atoms with Crippen molar-refractivity contribution in [3.8, 4) is 28.7 Å². The molecule has 0 atom stereocenters. The van der Waals surface area contributed by atoms with E-state index < -0.39 is 23.2 Å². The summed E-state index contributed by atoms with van der Waals surface area (Å²) in [5, 5.41) is 31.9. The predicted octanol–water partition coefficient (Wildman–Crippen LogP) is 2.10. The standard InChI is InChI=1S/C16H15BrN2O6/c1-24-10-3-5-13(11(17)6-10)25-8-14(21)19-18-7-9-2-4-12(20)16(23)15(9)22/h2-7,20,22-23H,8H2,1H3,(H,19,21). The lowest BCUT2D eigenvalue weighted by Crippen LogP contribution is -2.24. The molecule has 9 heteroatoms. The number of nitrogens with zero attached hydrogens (tertiary/aromatic N) is 1. The second-order valence-corrected chi connectivity index (χ2v) is 5.60. The highest BCUT2D eigenvalue weighted by molar-refractivity contribution is 9.10. The summed E-state index contributed by atoms with van der Waals surface area (Å²) in [7, 11) is 1.54. The maximum atomic E-state index is 11.7. The Bertz CT molecular complexity index is 809. The van der Waals surface area contributed by atoms with Crippen molar-refractivity contribution in [3.05, 3.63) is 40.4 Å². The third-order valence-electron chi connectivity index (χ3n) is 3.05. The van der Waals surface area contributed by atoms with Crippen molar-refractivity contribution in [2.24, 2.45) is 5.10 Å². The van der Waals surface area contributed by atoms with Gasteiger partial charge in [-0.1, -0.05) is 0 Å². The molecule has 2 aromatic carbocycles. The fraction of sp³-hybridized carbons (Fsp3) is 0.125. The van der Waals surface area contributed by atoms with E-state index in [0.717, 1.165) is 6.21 Å². The molecule has 2 rings (SSSR count). The first-order valence-corrected chi connectivity index (χ1v) is 7.73. The SMILES string of the molecule is COc1ccc(OCC(=O)NN=Cc2ccc(O)c(O)c2O)c(Br)c1. The number of hydrogen-bond acceptors (Lipinski definition) is 7. The van der Waals surface area contributed by atoms with Crippen molar-refractivity contribution in [2.45, 2.75) is 0 Å². The molecule has 0 aliphatic carbocycles. The van der Waals surface area contributed by atoms with Gasteiger partial charge in [0, 0.05) is 5.56 Å². The van der Waals surface area contributed by atoms with Gasteiger partial charge in [0.2, 0.25) is 5.75 Å². The Hall–Kier alpha value is -2.94. The summed E-state index contributed by atoms with van der Waals surface area (Å²) in [5.74, 6) is -1.09. The third kappa shape index (κ3) is 4.77. The first kappa shape index (κ1) is 18.4. The predicted molar refractivity (Wildman–Crippen MR) is 93.4 cm³/mol. The number of ether oxygens (including phenoxy) is 2. The Labute approximate surface area is 151 Å². The molecule has 0 fully saturated rings. The molecule has 0 bridgehead atoms. The van der Waals surface area contributed by atoms with Gasteiger partial charge < -0.3 is 24.8 Å². The van der Waals surface area contributed by atoms with Crippen LogP contribution in [0.5, 0.6) is 28.7 Å². The summed E-state index contributed by atoms with van der Waals surface area (Å²) >= 11 is 3.30. The number of carbonyl (C=O) groups is 1. The van der Waals surface area contributed by atoms with Crippen molar-refractivity contribution in [2.75, 3.05) is 13.7 Å². The molecular weight excluding hydrogens is 396 g/mol. The van der Waals surface area contributed by atoms with Crippen LogP contribution in [0.15, 0.2) is 39.9 Å². The fourth-order valence-electron chi connectivity index (χ4n) is 1.76. The third-order valence-corrected chi connectivity index (χ3v) is 3.67. The first-order valence-electron chi connectivity index (χ1n) is 6.94. The van der Waals surface area contributed by atoms with E-state index in [0.29, 0.717) is 16.0 Å². The molecule has 132 valence electrons. The van der Waals surface area contributed by atoms with E-state index in [9.17, 15) is 20.1 Å². The van der Waals surface area contributed by atoms with Gasteiger partial charge in [-0.3, -0.25) is 4.79 Å². The Morgan fingerprint density at radius 1 is 1.24 bits per heavy atom. The van der Waals surface area contributed by atoms with E-state index in [1.807, 2.05) is 0 Å². The zero-order valence-corrected chi connectivity index (χ0v) is 14.6. The van der Waals surface area contributed by atoms with Crippen molar-refractivity contribution in [3.63, 3.8) is 0 Å². The number of phenolic OH excluding ortho intramolecular Hbond substituents is 3. The number of halogens is 1. The van der Waals surface area contributed by atoms with Crippen LogP contribution in [-0.4, -0.2) is 41.2 Å². The van der Waals surface area contributed by atoms with Gasteiger partial charge in [-0.15, -0.1) is 0 Å². The van der Waals surface area contributed by atoms with Gasteiger partial charge in [0.15, 0.2) is 18.1 Å². The molecule has 0 spiro atoms. The highest BCUT2D eigenvalue weighted by Gasteiger charge is 2.10. The van der Waals surface area contributed by atoms with Crippen molar-refractivity contribution < 1.29 is 29.6 Å². The second-order valence-electron chi connectivity index (χ2n) is 4.75. The molecule has 0 saturated carbocycles. The number of aromatic hydroxyl groups is 3. The smallest absolute Gasteiger partial charge is 0.277 e. The Balaban J connectivity index is 1.90. The topological polar surface area (TPSA) is 121 Å². The van der Waals surface area contributed by atoms with E-state index >= 15 is 0 Å². The van der Waals surface area contributed by atoms with E-state index in [-0.39, 0.29) is 12.2 Å². The van der Waals surface area contributed by atoms with Gasteiger partial charge in [-0.05, 0) is 46.3 Å². The number of carbonyl (C=O) groups excluding carboxylic acids is 1. The number of phenols is 3. The molecule has 0 aliphatic rings. The number of rotatable bonds is 6. The quantitative estimate of drug-likeness (QED) is 0.328. The maximum absolute atomic E-state index is 11.7. The number of amides is 1. The highest BCUT2D eigenvalue weighted by Crippen LogP contribution is 2.36. The van der Waals surface area contributed by atoms with Crippen LogP contribution < -0.4 is 14.9 Å². The van der Waals surface area contributed by atoms with Gasteiger partial charge >= 0.3 is 0 Å². The van der Waals surface area contributed by atoms with Gasteiger partial charge in [-0.2, -0.15) is 5.10 Å². The lowest BCUT2D eigenvalue weighted by atomic mass is 10.2. The van der Waals surface area contributed by atoms with E-state index in [4.69, 9.17) is 9.47 Å². The minimum absolute atomic E-state index is 0.120. The average molecular weight is 411 g/mol. The molecule has 25 heavy (non-hydrogen) atoms. The summed E-state index contributed by atoms with van der Waals surface area (Å²) in [4.78, 5) is 11.7. The lowest BCUT2D eigenvalue weighted by Gasteiger charge is -2.08. The molecule has 0 aliphatic heterocycles.